The number of alkyl halides is 3. The van der Waals surface area contributed by atoms with Crippen LogP contribution < -0.4 is 10.6 Å². The first-order valence-corrected chi connectivity index (χ1v) is 7.09. The molecule has 1 aliphatic rings. The third-order valence-corrected chi connectivity index (χ3v) is 4.15. The van der Waals surface area contributed by atoms with Gasteiger partial charge in [0.15, 0.2) is 0 Å². The van der Waals surface area contributed by atoms with Gasteiger partial charge in [0.05, 0.1) is 5.56 Å². The maximum atomic E-state index is 13.0. The van der Waals surface area contributed by atoms with Gasteiger partial charge in [0.2, 0.25) is 0 Å². The summed E-state index contributed by atoms with van der Waals surface area (Å²) < 4.78 is 38.9. The summed E-state index contributed by atoms with van der Waals surface area (Å²) in [5.41, 5.74) is 4.97. The Hall–Kier alpha value is -1.72. The molecule has 2 rings (SSSR count). The fourth-order valence-corrected chi connectivity index (χ4v) is 3.10. The third-order valence-electron chi connectivity index (χ3n) is 4.15. The summed E-state index contributed by atoms with van der Waals surface area (Å²) in [6, 6.07) is 4.53. The molecule has 6 heteroatoms. The van der Waals surface area contributed by atoms with E-state index in [1.54, 1.807) is 0 Å². The molecule has 0 aromatic heterocycles. The maximum Gasteiger partial charge on any atom is 0.417 e. The molecule has 1 aromatic rings. The number of anilines is 1. The first kappa shape index (κ1) is 15.7. The van der Waals surface area contributed by atoms with Crippen molar-refractivity contribution in [3.05, 3.63) is 29.3 Å². The molecule has 1 fully saturated rings. The molecule has 0 amide bonds. The number of benzene rings is 1. The minimum Gasteiger partial charge on any atom is -0.384 e. The van der Waals surface area contributed by atoms with Crippen molar-refractivity contribution in [2.75, 3.05) is 4.90 Å². The number of nitrogens with one attached hydrogen (secondary N) is 1. The molecule has 3 N–H and O–H groups in total. The van der Waals surface area contributed by atoms with Crippen molar-refractivity contribution in [1.82, 2.24) is 0 Å². The number of nitrogen functional groups attached to an aromatic ring is 1. The number of amidine groups is 1. The number of rotatable bonds is 3. The molecule has 2 unspecified atom stereocenters. The van der Waals surface area contributed by atoms with Crippen LogP contribution in [0.3, 0.4) is 0 Å². The lowest BCUT2D eigenvalue weighted by molar-refractivity contribution is -0.137. The van der Waals surface area contributed by atoms with Gasteiger partial charge in [-0.05, 0) is 44.4 Å². The second-order valence-corrected chi connectivity index (χ2v) is 5.54. The van der Waals surface area contributed by atoms with Crippen molar-refractivity contribution in [3.63, 3.8) is 0 Å². The Balaban J connectivity index is 2.47. The number of hydrogen-bond acceptors (Lipinski definition) is 2. The predicted molar refractivity (Wildman–Crippen MR) is 77.7 cm³/mol. The van der Waals surface area contributed by atoms with Gasteiger partial charge in [-0.15, -0.1) is 0 Å². The first-order chi connectivity index (χ1) is 9.75. The molecule has 0 saturated carbocycles. The lowest BCUT2D eigenvalue weighted by Crippen LogP contribution is -2.34. The summed E-state index contributed by atoms with van der Waals surface area (Å²) >= 11 is 0. The van der Waals surface area contributed by atoms with E-state index in [-0.39, 0.29) is 11.6 Å². The molecule has 0 radical (unpaired) electrons. The van der Waals surface area contributed by atoms with E-state index >= 15 is 0 Å². The van der Waals surface area contributed by atoms with Crippen molar-refractivity contribution in [2.24, 2.45) is 5.73 Å². The van der Waals surface area contributed by atoms with Crippen molar-refractivity contribution < 1.29 is 13.2 Å². The average Bonchev–Trinajstić information content (AvgIpc) is 2.78. The second kappa shape index (κ2) is 5.58. The summed E-state index contributed by atoms with van der Waals surface area (Å²) in [6.07, 6.45) is -1.50. The number of halogens is 3. The Morgan fingerprint density at radius 3 is 2.57 bits per heavy atom. The van der Waals surface area contributed by atoms with Crippen LogP contribution in [0, 0.1) is 5.41 Å². The number of hydrogen-bond donors (Lipinski definition) is 2. The molecule has 116 valence electrons. The Bertz CT molecular complexity index is 539. The summed E-state index contributed by atoms with van der Waals surface area (Å²) in [7, 11) is 0. The van der Waals surface area contributed by atoms with Crippen LogP contribution in [0.5, 0.6) is 0 Å². The van der Waals surface area contributed by atoms with Gasteiger partial charge in [-0.1, -0.05) is 6.92 Å². The van der Waals surface area contributed by atoms with Crippen LogP contribution in [0.25, 0.3) is 0 Å². The van der Waals surface area contributed by atoms with Gasteiger partial charge in [-0.25, -0.2) is 0 Å². The van der Waals surface area contributed by atoms with Gasteiger partial charge in [0.25, 0.3) is 0 Å². The summed E-state index contributed by atoms with van der Waals surface area (Å²) in [4.78, 5) is 2.15. The van der Waals surface area contributed by atoms with E-state index in [9.17, 15) is 13.2 Å². The first-order valence-electron chi connectivity index (χ1n) is 7.09. The van der Waals surface area contributed by atoms with Gasteiger partial charge >= 0.3 is 6.18 Å². The topological polar surface area (TPSA) is 53.1 Å². The van der Waals surface area contributed by atoms with Crippen LogP contribution in [-0.2, 0) is 6.18 Å². The third kappa shape index (κ3) is 2.99. The van der Waals surface area contributed by atoms with Crippen molar-refractivity contribution in [3.8, 4) is 0 Å². The highest BCUT2D eigenvalue weighted by Gasteiger charge is 2.36. The van der Waals surface area contributed by atoms with Crippen LogP contribution in [0.15, 0.2) is 18.2 Å². The zero-order chi connectivity index (χ0) is 15.8. The van der Waals surface area contributed by atoms with Crippen LogP contribution in [0.4, 0.5) is 18.9 Å². The molecule has 3 nitrogen and oxygen atoms in total. The minimum atomic E-state index is -4.50. The summed E-state index contributed by atoms with van der Waals surface area (Å²) in [5.74, 6) is -0.552. The fraction of sp³-hybridized carbons (Fsp3) is 0.533. The van der Waals surface area contributed by atoms with Gasteiger partial charge in [-0.3, -0.25) is 5.41 Å². The zero-order valence-corrected chi connectivity index (χ0v) is 12.2. The Labute approximate surface area is 122 Å². The van der Waals surface area contributed by atoms with Crippen LogP contribution in [-0.4, -0.2) is 17.9 Å². The predicted octanol–water partition coefficient (Wildman–Crippen LogP) is 3.76. The van der Waals surface area contributed by atoms with E-state index in [2.05, 4.69) is 18.7 Å². The van der Waals surface area contributed by atoms with E-state index in [4.69, 9.17) is 11.1 Å². The SMILES string of the molecule is CCC1CCC(C)N1c1ccc(C(F)(F)F)c(C(=N)N)c1. The minimum absolute atomic E-state index is 0.242. The van der Waals surface area contributed by atoms with Crippen molar-refractivity contribution >= 4 is 11.5 Å². The number of nitrogens with two attached hydrogens (primary N) is 1. The Morgan fingerprint density at radius 2 is 2.05 bits per heavy atom. The van der Waals surface area contributed by atoms with Crippen molar-refractivity contribution in [1.29, 1.82) is 5.41 Å². The summed E-state index contributed by atoms with van der Waals surface area (Å²) in [5, 5.41) is 7.43. The molecule has 1 heterocycles. The van der Waals surface area contributed by atoms with E-state index in [0.29, 0.717) is 11.7 Å². The molecule has 0 aliphatic carbocycles. The highest BCUT2D eigenvalue weighted by Crippen LogP contribution is 2.37. The van der Waals surface area contributed by atoms with E-state index < -0.39 is 17.6 Å². The lowest BCUT2D eigenvalue weighted by Gasteiger charge is -2.31. The van der Waals surface area contributed by atoms with E-state index in [0.717, 1.165) is 25.3 Å². The maximum absolute atomic E-state index is 13.0. The van der Waals surface area contributed by atoms with Crippen LogP contribution in [0.1, 0.15) is 44.2 Å². The molecule has 21 heavy (non-hydrogen) atoms. The fourth-order valence-electron chi connectivity index (χ4n) is 3.10. The van der Waals surface area contributed by atoms with E-state index in [1.165, 1.54) is 12.1 Å². The molecule has 0 spiro atoms. The Kier molecular flexibility index (Phi) is 4.16. The van der Waals surface area contributed by atoms with Crippen LogP contribution in [0.2, 0.25) is 0 Å². The van der Waals surface area contributed by atoms with Crippen molar-refractivity contribution in [2.45, 2.75) is 51.4 Å². The normalized spacial score (nSPS) is 22.6. The molecule has 0 bridgehead atoms. The molecular formula is C15H20F3N3. The highest BCUT2D eigenvalue weighted by molar-refractivity contribution is 5.97. The quantitative estimate of drug-likeness (QED) is 0.659. The van der Waals surface area contributed by atoms with Gasteiger partial charge in [0.1, 0.15) is 5.84 Å². The second-order valence-electron chi connectivity index (χ2n) is 5.54. The highest BCUT2D eigenvalue weighted by atomic mass is 19.4. The van der Waals surface area contributed by atoms with Gasteiger partial charge in [0, 0.05) is 23.3 Å². The zero-order valence-electron chi connectivity index (χ0n) is 12.2. The Morgan fingerprint density at radius 1 is 1.38 bits per heavy atom. The molecule has 1 aliphatic heterocycles. The molecule has 1 saturated heterocycles. The summed E-state index contributed by atoms with van der Waals surface area (Å²) in [6.45, 7) is 4.15. The smallest absolute Gasteiger partial charge is 0.384 e. The molecular weight excluding hydrogens is 279 g/mol. The van der Waals surface area contributed by atoms with Gasteiger partial charge in [-0.2, -0.15) is 13.2 Å². The van der Waals surface area contributed by atoms with Gasteiger partial charge < -0.3 is 10.6 Å². The molecule has 2 atom stereocenters. The van der Waals surface area contributed by atoms with Crippen LogP contribution >= 0.6 is 0 Å². The average molecular weight is 299 g/mol. The lowest BCUT2D eigenvalue weighted by atomic mass is 10.0. The van der Waals surface area contributed by atoms with E-state index in [1.807, 2.05) is 0 Å². The number of nitrogens with zero attached hydrogens (tertiary/aromatic N) is 1. The standard InChI is InChI=1S/C15H20F3N3/c1-3-10-5-4-9(2)21(10)11-6-7-13(15(16,17)18)12(8-11)14(19)20/h6-10H,3-5H2,1-2H3,(H3,19,20). The largest absolute Gasteiger partial charge is 0.417 e. The molecule has 1 aromatic carbocycles. The monoisotopic (exact) mass is 299 g/mol.